The van der Waals surface area contributed by atoms with Gasteiger partial charge >= 0.3 is 0 Å². The van der Waals surface area contributed by atoms with Gasteiger partial charge in [0.15, 0.2) is 0 Å². The molecule has 2 N–H and O–H groups in total. The molecule has 272 valence electrons. The van der Waals surface area contributed by atoms with Gasteiger partial charge in [0.2, 0.25) is 5.91 Å². The fraction of sp³-hybridized carbons (Fsp3) is 0.372. The molecule has 53 heavy (non-hydrogen) atoms. The number of aromatic hydroxyl groups is 1. The zero-order chi connectivity index (χ0) is 35.9. The molecule has 9 rings (SSSR count). The zero-order valence-electron chi connectivity index (χ0n) is 29.9. The van der Waals surface area contributed by atoms with E-state index in [4.69, 9.17) is 4.74 Å². The number of carbonyl (C=O) groups excluding carboxylic acids is 2. The summed E-state index contributed by atoms with van der Waals surface area (Å²) in [5.41, 5.74) is 7.99. The monoisotopic (exact) mass is 710 g/mol. The van der Waals surface area contributed by atoms with Crippen molar-refractivity contribution in [3.8, 4) is 5.75 Å². The van der Waals surface area contributed by atoms with E-state index >= 15 is 0 Å². The highest BCUT2D eigenvalue weighted by Gasteiger charge is 2.34. The van der Waals surface area contributed by atoms with Gasteiger partial charge in [-0.3, -0.25) is 24.5 Å². The number of ether oxygens (including phenoxy) is 1. The number of hydrogen-bond acceptors (Lipinski definition) is 8. The fourth-order valence-corrected chi connectivity index (χ4v) is 8.89. The number of rotatable bonds is 7. The van der Waals surface area contributed by atoms with Crippen molar-refractivity contribution in [3.05, 3.63) is 119 Å². The summed E-state index contributed by atoms with van der Waals surface area (Å²) in [5.74, 6) is 0.540. The van der Waals surface area contributed by atoms with Crippen LogP contribution in [0.15, 0.2) is 97.2 Å². The molecule has 5 aromatic rings. The van der Waals surface area contributed by atoms with E-state index in [1.165, 1.54) is 40.9 Å². The molecule has 4 aliphatic rings. The van der Waals surface area contributed by atoms with Crippen LogP contribution in [-0.2, 0) is 20.9 Å². The lowest BCUT2D eigenvalue weighted by Crippen LogP contribution is -2.49. The molecule has 1 unspecified atom stereocenters. The Morgan fingerprint density at radius 3 is 2.30 bits per heavy atom. The molecule has 0 radical (unpaired) electrons. The van der Waals surface area contributed by atoms with E-state index in [0.29, 0.717) is 25.4 Å². The lowest BCUT2D eigenvalue weighted by molar-refractivity contribution is -0.135. The van der Waals surface area contributed by atoms with Crippen LogP contribution in [-0.4, -0.2) is 77.4 Å². The maximum Gasteiger partial charge on any atom is 0.251 e. The summed E-state index contributed by atoms with van der Waals surface area (Å²) < 4.78 is 8.17. The van der Waals surface area contributed by atoms with Crippen molar-refractivity contribution >= 4 is 34.1 Å². The van der Waals surface area contributed by atoms with E-state index in [0.717, 1.165) is 62.3 Å². The lowest BCUT2D eigenvalue weighted by atomic mass is 9.79. The largest absolute Gasteiger partial charge is 0.508 e. The molecule has 0 saturated carbocycles. The smallest absolute Gasteiger partial charge is 0.251 e. The number of phenolic OH excluding ortho intramolecular Hbond substituents is 1. The minimum Gasteiger partial charge on any atom is -0.508 e. The van der Waals surface area contributed by atoms with Crippen LogP contribution >= 0.6 is 0 Å². The molecule has 4 aliphatic heterocycles. The third-order valence-corrected chi connectivity index (χ3v) is 11.8. The van der Waals surface area contributed by atoms with Crippen LogP contribution in [0.1, 0.15) is 66.0 Å². The maximum atomic E-state index is 12.4. The number of piperidine rings is 2. The summed E-state index contributed by atoms with van der Waals surface area (Å²) in [6.45, 7) is 7.84. The fourth-order valence-electron chi connectivity index (χ4n) is 8.89. The first-order valence-electron chi connectivity index (χ1n) is 19.1. The van der Waals surface area contributed by atoms with Crippen LogP contribution in [0.2, 0.25) is 0 Å². The lowest BCUT2D eigenvalue weighted by Gasteiger charge is -2.40. The van der Waals surface area contributed by atoms with Gasteiger partial charge in [0.25, 0.3) is 5.91 Å². The summed E-state index contributed by atoms with van der Waals surface area (Å²) in [7, 11) is 0. The first-order chi connectivity index (χ1) is 25.9. The first kappa shape index (κ1) is 33.6. The Morgan fingerprint density at radius 2 is 1.53 bits per heavy atom. The number of aromatic nitrogens is 2. The molecule has 3 saturated heterocycles. The Hall–Kier alpha value is -5.19. The summed E-state index contributed by atoms with van der Waals surface area (Å²) >= 11 is 0. The number of phenols is 1. The first-order valence-corrected chi connectivity index (χ1v) is 19.1. The quantitative estimate of drug-likeness (QED) is 0.194. The number of amides is 2. The van der Waals surface area contributed by atoms with Crippen LogP contribution in [0.4, 0.5) is 11.4 Å². The highest BCUT2D eigenvalue weighted by molar-refractivity contribution is 5.99. The Morgan fingerprint density at radius 1 is 0.774 bits per heavy atom. The van der Waals surface area contributed by atoms with E-state index in [2.05, 4.69) is 91.8 Å². The number of hydrogen-bond donors (Lipinski definition) is 2. The molecular formula is C43H46N6O4. The molecule has 3 fully saturated rings. The Bertz CT molecular complexity index is 2100. The highest BCUT2D eigenvalue weighted by Crippen LogP contribution is 2.46. The maximum absolute atomic E-state index is 12.4. The van der Waals surface area contributed by atoms with Crippen molar-refractivity contribution in [1.29, 1.82) is 0 Å². The number of carbonyl (C=O) groups is 2. The van der Waals surface area contributed by atoms with Gasteiger partial charge in [-0.15, -0.1) is 0 Å². The highest BCUT2D eigenvalue weighted by atomic mass is 16.5. The van der Waals surface area contributed by atoms with E-state index in [1.807, 2.05) is 24.4 Å². The second kappa shape index (κ2) is 14.3. The molecule has 3 atom stereocenters. The van der Waals surface area contributed by atoms with Crippen molar-refractivity contribution < 1.29 is 19.4 Å². The number of nitrogens with zero attached hydrogens (tertiary/aromatic N) is 5. The van der Waals surface area contributed by atoms with Gasteiger partial charge in [0.1, 0.15) is 11.8 Å². The molecule has 1 aromatic heterocycles. The van der Waals surface area contributed by atoms with Gasteiger partial charge < -0.3 is 19.6 Å². The van der Waals surface area contributed by atoms with Crippen LogP contribution < -0.4 is 15.1 Å². The van der Waals surface area contributed by atoms with Crippen molar-refractivity contribution in [1.82, 2.24) is 20.0 Å². The topological polar surface area (TPSA) is 103 Å². The van der Waals surface area contributed by atoms with Gasteiger partial charge in [0, 0.05) is 81.1 Å². The zero-order valence-corrected chi connectivity index (χ0v) is 29.9. The third kappa shape index (κ3) is 6.89. The number of anilines is 2. The van der Waals surface area contributed by atoms with Crippen molar-refractivity contribution in [2.45, 2.75) is 50.4 Å². The SMILES string of the molecule is O=C1CCC(n2cc3cc(N4CCN(CC5CCN(c6ccc([C@@H]7c8ccc(O)cc8CO[C@@H]7c7ccccc7)cc6)CC5)CC4)ccc3n2)C(=O)N1. The molecular weight excluding hydrogens is 665 g/mol. The van der Waals surface area contributed by atoms with Crippen molar-refractivity contribution in [3.63, 3.8) is 0 Å². The van der Waals surface area contributed by atoms with Gasteiger partial charge in [-0.05, 0) is 89.9 Å². The van der Waals surface area contributed by atoms with Crippen LogP contribution in [0.5, 0.6) is 5.75 Å². The van der Waals surface area contributed by atoms with E-state index in [9.17, 15) is 14.7 Å². The average molecular weight is 711 g/mol. The minimum atomic E-state index is -0.439. The number of nitrogens with one attached hydrogen (secondary N) is 1. The van der Waals surface area contributed by atoms with Gasteiger partial charge in [-0.1, -0.05) is 48.5 Å². The third-order valence-electron chi connectivity index (χ3n) is 11.8. The summed E-state index contributed by atoms with van der Waals surface area (Å²) in [6.07, 6.45) is 5.06. The Labute approximate surface area is 309 Å². The second-order valence-corrected chi connectivity index (χ2v) is 15.1. The predicted molar refractivity (Wildman–Crippen MR) is 205 cm³/mol. The predicted octanol–water partition coefficient (Wildman–Crippen LogP) is 6.16. The standard InChI is InChI=1S/C43H46N6O4/c50-36-11-12-37-33(25-36)28-53-42(31-4-2-1-3-5-31)41(37)30-6-8-34(9-7-30)47-18-16-29(17-19-47)26-46-20-22-48(23-21-46)35-10-13-38-32(24-35)27-49(45-38)39-14-15-40(51)44-43(39)52/h1-13,24-25,27,29,39,41-42,50H,14-23,26,28H2,(H,44,51,52)/t39?,41-,42-/m1/s1. The minimum absolute atomic E-state index is 0.0499. The van der Waals surface area contributed by atoms with E-state index in [1.54, 1.807) is 10.7 Å². The van der Waals surface area contributed by atoms with Crippen LogP contribution in [0.3, 0.4) is 0 Å². The van der Waals surface area contributed by atoms with E-state index in [-0.39, 0.29) is 29.6 Å². The Kier molecular flexibility index (Phi) is 9.09. The molecule has 0 aliphatic carbocycles. The molecule has 0 spiro atoms. The van der Waals surface area contributed by atoms with Crippen molar-refractivity contribution in [2.24, 2.45) is 5.92 Å². The number of imide groups is 1. The molecule has 4 aromatic carbocycles. The summed E-state index contributed by atoms with van der Waals surface area (Å²) in [5, 5.41) is 18.3. The molecule has 0 bridgehead atoms. The second-order valence-electron chi connectivity index (χ2n) is 15.1. The van der Waals surface area contributed by atoms with Gasteiger partial charge in [-0.2, -0.15) is 5.10 Å². The van der Waals surface area contributed by atoms with Crippen LogP contribution in [0.25, 0.3) is 10.9 Å². The number of benzene rings is 4. The number of piperazine rings is 1. The number of fused-ring (bicyclic) bond motifs is 2. The molecule has 10 heteroatoms. The van der Waals surface area contributed by atoms with Crippen LogP contribution in [0, 0.1) is 5.92 Å². The summed E-state index contributed by atoms with van der Waals surface area (Å²) in [4.78, 5) is 31.6. The van der Waals surface area contributed by atoms with Crippen molar-refractivity contribution in [2.75, 3.05) is 55.6 Å². The van der Waals surface area contributed by atoms with Gasteiger partial charge in [-0.25, -0.2) is 0 Å². The Balaban J connectivity index is 0.789. The average Bonchev–Trinajstić information content (AvgIpc) is 3.62. The molecule has 10 nitrogen and oxygen atoms in total. The van der Waals surface area contributed by atoms with E-state index < -0.39 is 6.04 Å². The summed E-state index contributed by atoms with van der Waals surface area (Å²) in [6, 6.07) is 31.2. The molecule has 5 heterocycles. The molecule has 2 amide bonds. The van der Waals surface area contributed by atoms with Gasteiger partial charge in [0.05, 0.1) is 18.2 Å². The normalized spacial score (nSPS) is 22.9.